The minimum Gasteiger partial charge on any atom is -0.310 e. The highest BCUT2D eigenvalue weighted by Gasteiger charge is 2.15. The Balaban J connectivity index is 1.34. The van der Waals surface area contributed by atoms with Crippen molar-refractivity contribution in [1.82, 2.24) is 0 Å². The molecule has 0 spiro atoms. The highest BCUT2D eigenvalue weighted by Crippen LogP contribution is 2.41. The molecule has 0 unspecified atom stereocenters. The molecule has 7 aromatic carbocycles. The van der Waals surface area contributed by atoms with Gasteiger partial charge >= 0.3 is 0 Å². The molecule has 0 radical (unpaired) electrons. The third kappa shape index (κ3) is 3.93. The van der Waals surface area contributed by atoms with Crippen LogP contribution in [-0.4, -0.2) is 0 Å². The molecular formula is C38H25NS. The summed E-state index contributed by atoms with van der Waals surface area (Å²) >= 11 is 1.87. The van der Waals surface area contributed by atoms with Crippen molar-refractivity contribution in [3.05, 3.63) is 152 Å². The van der Waals surface area contributed by atoms with Crippen molar-refractivity contribution in [2.24, 2.45) is 0 Å². The SMILES string of the molecule is c1ccc(-c2cccc(N(c3ccc4ccccc4c3)c3ccc4cc5sc6ccccc6c5cc4c3)c2)cc1. The molecule has 0 aliphatic heterocycles. The quantitative estimate of drug-likeness (QED) is 0.220. The molecule has 0 saturated heterocycles. The number of rotatable bonds is 4. The number of thiophene rings is 1. The molecule has 0 aliphatic rings. The van der Waals surface area contributed by atoms with Crippen molar-refractivity contribution in [2.45, 2.75) is 0 Å². The Morgan fingerprint density at radius 2 is 1.00 bits per heavy atom. The zero-order valence-corrected chi connectivity index (χ0v) is 22.6. The van der Waals surface area contributed by atoms with Crippen LogP contribution in [0.2, 0.25) is 0 Å². The number of fused-ring (bicyclic) bond motifs is 5. The van der Waals surface area contributed by atoms with E-state index in [0.29, 0.717) is 0 Å². The number of benzene rings is 7. The maximum Gasteiger partial charge on any atom is 0.0468 e. The Morgan fingerprint density at radius 1 is 0.350 bits per heavy atom. The van der Waals surface area contributed by atoms with Gasteiger partial charge in [0.05, 0.1) is 0 Å². The Hall–Kier alpha value is -4.92. The zero-order valence-electron chi connectivity index (χ0n) is 21.8. The normalized spacial score (nSPS) is 11.5. The van der Waals surface area contributed by atoms with Gasteiger partial charge in [-0.3, -0.25) is 0 Å². The molecule has 0 aliphatic carbocycles. The molecule has 40 heavy (non-hydrogen) atoms. The van der Waals surface area contributed by atoms with Crippen molar-refractivity contribution in [3.63, 3.8) is 0 Å². The molecule has 8 rings (SSSR count). The summed E-state index contributed by atoms with van der Waals surface area (Å²) in [6.45, 7) is 0. The molecule has 0 atom stereocenters. The minimum atomic E-state index is 1.14. The first kappa shape index (κ1) is 23.0. The fourth-order valence-corrected chi connectivity index (χ4v) is 6.95. The van der Waals surface area contributed by atoms with Gasteiger partial charge in [0.2, 0.25) is 0 Å². The first-order valence-corrected chi connectivity index (χ1v) is 14.4. The summed E-state index contributed by atoms with van der Waals surface area (Å²) in [5.74, 6) is 0. The van der Waals surface area contributed by atoms with Crippen molar-refractivity contribution in [3.8, 4) is 11.1 Å². The lowest BCUT2D eigenvalue weighted by atomic mass is 10.0. The molecule has 2 heteroatoms. The molecule has 1 heterocycles. The summed E-state index contributed by atoms with van der Waals surface area (Å²) in [7, 11) is 0. The molecule has 8 aromatic rings. The van der Waals surface area contributed by atoms with Gasteiger partial charge in [-0.05, 0) is 87.3 Å². The number of hydrogen-bond donors (Lipinski definition) is 0. The highest BCUT2D eigenvalue weighted by atomic mass is 32.1. The van der Waals surface area contributed by atoms with Crippen LogP contribution in [0.3, 0.4) is 0 Å². The van der Waals surface area contributed by atoms with Crippen LogP contribution < -0.4 is 4.90 Å². The van der Waals surface area contributed by atoms with Gasteiger partial charge in [-0.1, -0.05) is 97.1 Å². The summed E-state index contributed by atoms with van der Waals surface area (Å²) < 4.78 is 2.67. The van der Waals surface area contributed by atoms with E-state index in [1.807, 2.05) is 11.3 Å². The summed E-state index contributed by atoms with van der Waals surface area (Å²) in [4.78, 5) is 2.38. The van der Waals surface area contributed by atoms with E-state index in [-0.39, 0.29) is 0 Å². The van der Waals surface area contributed by atoms with E-state index in [1.54, 1.807) is 0 Å². The molecule has 0 saturated carbocycles. The first-order valence-electron chi connectivity index (χ1n) is 13.6. The molecule has 1 nitrogen and oxygen atoms in total. The third-order valence-electron chi connectivity index (χ3n) is 7.78. The van der Waals surface area contributed by atoms with Gasteiger partial charge < -0.3 is 4.90 Å². The summed E-state index contributed by atoms with van der Waals surface area (Å²) in [5, 5.41) is 7.65. The van der Waals surface area contributed by atoms with E-state index < -0.39 is 0 Å². The predicted octanol–water partition coefficient (Wildman–Crippen LogP) is 11.5. The number of hydrogen-bond acceptors (Lipinski definition) is 2. The highest BCUT2D eigenvalue weighted by molar-refractivity contribution is 7.25. The van der Waals surface area contributed by atoms with E-state index in [0.717, 1.165) is 17.1 Å². The largest absolute Gasteiger partial charge is 0.310 e. The minimum absolute atomic E-state index is 1.14. The fraction of sp³-hybridized carbons (Fsp3) is 0. The molecule has 0 N–H and O–H groups in total. The second-order valence-electron chi connectivity index (χ2n) is 10.3. The lowest BCUT2D eigenvalue weighted by Gasteiger charge is -2.27. The van der Waals surface area contributed by atoms with E-state index >= 15 is 0 Å². The monoisotopic (exact) mass is 527 g/mol. The number of anilines is 3. The number of nitrogens with zero attached hydrogens (tertiary/aromatic N) is 1. The molecule has 0 bridgehead atoms. The lowest BCUT2D eigenvalue weighted by molar-refractivity contribution is 1.29. The molecular weight excluding hydrogens is 502 g/mol. The van der Waals surface area contributed by atoms with Crippen LogP contribution in [0.15, 0.2) is 152 Å². The van der Waals surface area contributed by atoms with Gasteiger partial charge in [0.1, 0.15) is 0 Å². The summed E-state index contributed by atoms with van der Waals surface area (Å²) in [6.07, 6.45) is 0. The second kappa shape index (κ2) is 9.37. The van der Waals surface area contributed by atoms with Crippen LogP contribution in [0.4, 0.5) is 17.1 Å². The second-order valence-corrected chi connectivity index (χ2v) is 11.3. The van der Waals surface area contributed by atoms with Crippen LogP contribution in [0.5, 0.6) is 0 Å². The van der Waals surface area contributed by atoms with Gasteiger partial charge in [-0.2, -0.15) is 0 Å². The van der Waals surface area contributed by atoms with E-state index in [1.165, 1.54) is 52.8 Å². The lowest BCUT2D eigenvalue weighted by Crippen LogP contribution is -2.10. The van der Waals surface area contributed by atoms with Crippen LogP contribution in [-0.2, 0) is 0 Å². The van der Waals surface area contributed by atoms with Gasteiger partial charge in [0.25, 0.3) is 0 Å². The average Bonchev–Trinajstić information content (AvgIpc) is 3.38. The van der Waals surface area contributed by atoms with Crippen molar-refractivity contribution in [2.75, 3.05) is 4.90 Å². The molecule has 1 aromatic heterocycles. The van der Waals surface area contributed by atoms with Crippen molar-refractivity contribution in [1.29, 1.82) is 0 Å². The van der Waals surface area contributed by atoms with Crippen LogP contribution in [0.1, 0.15) is 0 Å². The fourth-order valence-electron chi connectivity index (χ4n) is 5.81. The van der Waals surface area contributed by atoms with Gasteiger partial charge in [-0.25, -0.2) is 0 Å². The Kier molecular flexibility index (Phi) is 5.39. The van der Waals surface area contributed by atoms with E-state index in [2.05, 4.69) is 157 Å². The maximum absolute atomic E-state index is 2.38. The van der Waals surface area contributed by atoms with Gasteiger partial charge in [-0.15, -0.1) is 11.3 Å². The summed E-state index contributed by atoms with van der Waals surface area (Å²) in [6, 6.07) is 55.1. The third-order valence-corrected chi connectivity index (χ3v) is 8.91. The Morgan fingerprint density at radius 3 is 1.88 bits per heavy atom. The average molecular weight is 528 g/mol. The Bertz CT molecular complexity index is 2170. The van der Waals surface area contributed by atoms with Crippen molar-refractivity contribution < 1.29 is 0 Å². The van der Waals surface area contributed by atoms with Gasteiger partial charge in [0.15, 0.2) is 0 Å². The van der Waals surface area contributed by atoms with E-state index in [4.69, 9.17) is 0 Å². The predicted molar refractivity (Wildman–Crippen MR) is 174 cm³/mol. The maximum atomic E-state index is 2.38. The smallest absolute Gasteiger partial charge is 0.0468 e. The first-order chi connectivity index (χ1) is 19.8. The topological polar surface area (TPSA) is 3.24 Å². The molecule has 188 valence electrons. The molecule has 0 amide bonds. The van der Waals surface area contributed by atoms with Gasteiger partial charge in [0, 0.05) is 37.2 Å². The summed E-state index contributed by atoms with van der Waals surface area (Å²) in [5.41, 5.74) is 5.85. The van der Waals surface area contributed by atoms with E-state index in [9.17, 15) is 0 Å². The van der Waals surface area contributed by atoms with Crippen LogP contribution >= 0.6 is 11.3 Å². The molecule has 0 fully saturated rings. The standard InChI is InChI=1S/C38H25NS/c1-2-9-26(10-3-1)29-13-8-14-32(21-29)39(33-19-17-27-11-4-5-12-28(27)22-33)34-20-18-30-25-38-36(24-31(30)23-34)35-15-6-7-16-37(35)40-38/h1-25H. The van der Waals surface area contributed by atoms with Crippen LogP contribution in [0, 0.1) is 0 Å². The Labute approximate surface area is 237 Å². The van der Waals surface area contributed by atoms with Crippen LogP contribution in [0.25, 0.3) is 52.8 Å². The zero-order chi connectivity index (χ0) is 26.5. The van der Waals surface area contributed by atoms with Crippen molar-refractivity contribution >= 4 is 70.1 Å².